The second-order valence-electron chi connectivity index (χ2n) is 4.93. The van der Waals surface area contributed by atoms with E-state index in [1.165, 1.54) is 0 Å². The number of pyridine rings is 1. The van der Waals surface area contributed by atoms with Gasteiger partial charge in [-0.3, -0.25) is 9.67 Å². The zero-order valence-corrected chi connectivity index (χ0v) is 14.6. The van der Waals surface area contributed by atoms with Crippen molar-refractivity contribution in [2.45, 2.75) is 13.5 Å². The number of fused-ring (bicyclic) bond motifs is 1. The lowest BCUT2D eigenvalue weighted by Gasteiger charge is -2.04. The fourth-order valence-corrected chi connectivity index (χ4v) is 2.90. The summed E-state index contributed by atoms with van der Waals surface area (Å²) < 4.78 is 7.16. The first kappa shape index (κ1) is 16.0. The average Bonchev–Trinajstić information content (AvgIpc) is 2.87. The average molecular weight is 395 g/mol. The van der Waals surface area contributed by atoms with Crippen LogP contribution in [-0.2, 0) is 11.3 Å². The van der Waals surface area contributed by atoms with Gasteiger partial charge in [0.25, 0.3) is 0 Å². The van der Waals surface area contributed by atoms with Gasteiger partial charge in [-0.15, -0.1) is 0 Å². The third-order valence-electron chi connectivity index (χ3n) is 3.27. The van der Waals surface area contributed by atoms with E-state index in [1.54, 1.807) is 24.0 Å². The molecule has 0 aliphatic rings. The maximum absolute atomic E-state index is 11.8. The molecule has 3 aromatic rings. The standard InChI is InChI=1S/C16H13BrClN3O2/c1-2-23-16(22)13-9-21(20-15(13)17)8-10-3-4-14-11(5-10)6-12(18)7-19-14/h3-7,9H,2,8H2,1H3. The number of aromatic nitrogens is 3. The fraction of sp³-hybridized carbons (Fsp3) is 0.188. The summed E-state index contributed by atoms with van der Waals surface area (Å²) in [6.45, 7) is 2.62. The number of carbonyl (C=O) groups is 1. The summed E-state index contributed by atoms with van der Waals surface area (Å²) in [4.78, 5) is 16.1. The molecule has 23 heavy (non-hydrogen) atoms. The summed E-state index contributed by atoms with van der Waals surface area (Å²) in [5.74, 6) is -0.389. The zero-order chi connectivity index (χ0) is 16.4. The Bertz CT molecular complexity index is 879. The number of ether oxygens (including phenoxy) is 1. The number of benzene rings is 1. The minimum absolute atomic E-state index is 0.328. The lowest BCUT2D eigenvalue weighted by atomic mass is 10.1. The predicted molar refractivity (Wildman–Crippen MR) is 91.7 cm³/mol. The topological polar surface area (TPSA) is 57.0 Å². The molecule has 0 N–H and O–H groups in total. The minimum Gasteiger partial charge on any atom is -0.462 e. The van der Waals surface area contributed by atoms with Crippen molar-refractivity contribution in [2.24, 2.45) is 0 Å². The number of hydrogen-bond acceptors (Lipinski definition) is 4. The predicted octanol–water partition coefficient (Wildman–Crippen LogP) is 4.07. The molecule has 118 valence electrons. The van der Waals surface area contributed by atoms with Crippen molar-refractivity contribution >= 4 is 44.4 Å². The van der Waals surface area contributed by atoms with E-state index in [2.05, 4.69) is 26.0 Å². The Morgan fingerprint density at radius 1 is 1.39 bits per heavy atom. The summed E-state index contributed by atoms with van der Waals surface area (Å²) >= 11 is 9.27. The lowest BCUT2D eigenvalue weighted by molar-refractivity contribution is 0.0525. The molecule has 0 aliphatic heterocycles. The Morgan fingerprint density at radius 2 is 2.22 bits per heavy atom. The van der Waals surface area contributed by atoms with E-state index in [9.17, 15) is 4.79 Å². The van der Waals surface area contributed by atoms with E-state index in [1.807, 2.05) is 24.3 Å². The maximum Gasteiger partial charge on any atom is 0.342 e. The Hall–Kier alpha value is -1.92. The summed E-state index contributed by atoms with van der Waals surface area (Å²) in [5.41, 5.74) is 2.33. The molecule has 0 saturated carbocycles. The molecule has 0 atom stereocenters. The van der Waals surface area contributed by atoms with Crippen molar-refractivity contribution in [3.63, 3.8) is 0 Å². The number of halogens is 2. The molecule has 2 aromatic heterocycles. The van der Waals surface area contributed by atoms with E-state index in [0.717, 1.165) is 16.5 Å². The van der Waals surface area contributed by atoms with Crippen molar-refractivity contribution in [3.05, 3.63) is 57.4 Å². The molecule has 3 rings (SSSR count). The van der Waals surface area contributed by atoms with Gasteiger partial charge < -0.3 is 4.74 Å². The monoisotopic (exact) mass is 393 g/mol. The molecule has 0 fully saturated rings. The quantitative estimate of drug-likeness (QED) is 0.626. The first-order valence-corrected chi connectivity index (χ1v) is 8.18. The highest BCUT2D eigenvalue weighted by atomic mass is 79.9. The van der Waals surface area contributed by atoms with E-state index in [0.29, 0.717) is 28.3 Å². The van der Waals surface area contributed by atoms with Gasteiger partial charge in [0.1, 0.15) is 10.2 Å². The Balaban J connectivity index is 1.87. The van der Waals surface area contributed by atoms with Crippen LogP contribution in [-0.4, -0.2) is 27.3 Å². The van der Waals surface area contributed by atoms with Crippen LogP contribution in [0.2, 0.25) is 5.02 Å². The third-order valence-corrected chi connectivity index (χ3v) is 4.06. The molecule has 0 saturated heterocycles. The molecule has 0 amide bonds. The van der Waals surface area contributed by atoms with Crippen LogP contribution >= 0.6 is 27.5 Å². The smallest absolute Gasteiger partial charge is 0.342 e. The van der Waals surface area contributed by atoms with Crippen LogP contribution in [0.1, 0.15) is 22.8 Å². The number of esters is 1. The van der Waals surface area contributed by atoms with E-state index in [4.69, 9.17) is 16.3 Å². The van der Waals surface area contributed by atoms with Crippen molar-refractivity contribution in [3.8, 4) is 0 Å². The summed E-state index contributed by atoms with van der Waals surface area (Å²) in [6.07, 6.45) is 3.29. The molecule has 0 unspecified atom stereocenters. The molecule has 5 nitrogen and oxygen atoms in total. The molecule has 0 spiro atoms. The zero-order valence-electron chi connectivity index (χ0n) is 12.3. The van der Waals surface area contributed by atoms with Gasteiger partial charge in [-0.1, -0.05) is 17.7 Å². The van der Waals surface area contributed by atoms with Crippen LogP contribution in [0.15, 0.2) is 41.3 Å². The lowest BCUT2D eigenvalue weighted by Crippen LogP contribution is -2.04. The molecule has 1 aromatic carbocycles. The minimum atomic E-state index is -0.389. The summed E-state index contributed by atoms with van der Waals surface area (Å²) in [7, 11) is 0. The largest absolute Gasteiger partial charge is 0.462 e. The van der Waals surface area contributed by atoms with Gasteiger partial charge in [-0.2, -0.15) is 5.10 Å². The SMILES string of the molecule is CCOC(=O)c1cn(Cc2ccc3ncc(Cl)cc3c2)nc1Br. The summed E-state index contributed by atoms with van der Waals surface area (Å²) in [5, 5.41) is 5.86. The highest BCUT2D eigenvalue weighted by molar-refractivity contribution is 9.10. The van der Waals surface area contributed by atoms with Gasteiger partial charge in [-0.05, 0) is 46.6 Å². The first-order chi connectivity index (χ1) is 11.1. The second-order valence-corrected chi connectivity index (χ2v) is 6.12. The van der Waals surface area contributed by atoms with E-state index < -0.39 is 0 Å². The normalized spacial score (nSPS) is 10.9. The van der Waals surface area contributed by atoms with Crippen molar-refractivity contribution in [1.82, 2.24) is 14.8 Å². The molecule has 0 radical (unpaired) electrons. The van der Waals surface area contributed by atoms with Gasteiger partial charge in [0.05, 0.1) is 23.7 Å². The van der Waals surface area contributed by atoms with Crippen LogP contribution in [0.25, 0.3) is 10.9 Å². The Morgan fingerprint density at radius 3 is 3.00 bits per heavy atom. The van der Waals surface area contributed by atoms with E-state index >= 15 is 0 Å². The first-order valence-electron chi connectivity index (χ1n) is 7.01. The van der Waals surface area contributed by atoms with Crippen molar-refractivity contribution in [2.75, 3.05) is 6.61 Å². The fourth-order valence-electron chi connectivity index (χ4n) is 2.26. The molecule has 2 heterocycles. The van der Waals surface area contributed by atoms with Crippen LogP contribution in [0.3, 0.4) is 0 Å². The van der Waals surface area contributed by atoms with Gasteiger partial charge in [-0.25, -0.2) is 4.79 Å². The highest BCUT2D eigenvalue weighted by Gasteiger charge is 2.15. The van der Waals surface area contributed by atoms with Gasteiger partial charge in [0, 0.05) is 17.8 Å². The van der Waals surface area contributed by atoms with Crippen LogP contribution < -0.4 is 0 Å². The molecular formula is C16H13BrClN3O2. The molecule has 7 heteroatoms. The van der Waals surface area contributed by atoms with E-state index in [-0.39, 0.29) is 5.97 Å². The molecule has 0 aliphatic carbocycles. The maximum atomic E-state index is 11.8. The second kappa shape index (κ2) is 6.68. The Kier molecular flexibility index (Phi) is 4.63. The van der Waals surface area contributed by atoms with Crippen LogP contribution in [0.4, 0.5) is 0 Å². The molecule has 0 bridgehead atoms. The summed E-state index contributed by atoms with van der Waals surface area (Å²) in [6, 6.07) is 7.79. The van der Waals surface area contributed by atoms with Crippen molar-refractivity contribution < 1.29 is 9.53 Å². The third kappa shape index (κ3) is 3.54. The van der Waals surface area contributed by atoms with Crippen LogP contribution in [0, 0.1) is 0 Å². The number of rotatable bonds is 4. The highest BCUT2D eigenvalue weighted by Crippen LogP contribution is 2.20. The van der Waals surface area contributed by atoms with Crippen LogP contribution in [0.5, 0.6) is 0 Å². The van der Waals surface area contributed by atoms with Gasteiger partial charge in [0.15, 0.2) is 0 Å². The number of carbonyl (C=O) groups excluding carboxylic acids is 1. The number of nitrogens with zero attached hydrogens (tertiary/aromatic N) is 3. The molecular weight excluding hydrogens is 382 g/mol. The van der Waals surface area contributed by atoms with Crippen molar-refractivity contribution in [1.29, 1.82) is 0 Å². The van der Waals surface area contributed by atoms with Gasteiger partial charge >= 0.3 is 5.97 Å². The van der Waals surface area contributed by atoms with Gasteiger partial charge in [0.2, 0.25) is 0 Å². The Labute approximate surface area is 146 Å². The number of hydrogen-bond donors (Lipinski definition) is 0.